The average molecular weight is 369 g/mol. The summed E-state index contributed by atoms with van der Waals surface area (Å²) in [6, 6.07) is 16.1. The van der Waals surface area contributed by atoms with Crippen LogP contribution >= 0.6 is 0 Å². The van der Waals surface area contributed by atoms with Crippen molar-refractivity contribution in [3.05, 3.63) is 60.2 Å². The Labute approximate surface area is 158 Å². The first-order chi connectivity index (χ1) is 13.1. The number of aliphatic carboxylic acids is 1. The predicted molar refractivity (Wildman–Crippen MR) is 100.0 cm³/mol. The highest BCUT2D eigenvalue weighted by Crippen LogP contribution is 2.26. The number of para-hydroxylation sites is 2. The number of hydrogen-bond donors (Lipinski definition) is 2. The Morgan fingerprint density at radius 3 is 2.44 bits per heavy atom. The van der Waals surface area contributed by atoms with Crippen LogP contribution in [0.5, 0.6) is 11.5 Å². The number of benzene rings is 2. The second kappa shape index (κ2) is 9.19. The molecule has 1 aliphatic heterocycles. The first-order valence-corrected chi connectivity index (χ1v) is 9.06. The summed E-state index contributed by atoms with van der Waals surface area (Å²) in [6.07, 6.45) is 1.39. The molecule has 1 aliphatic rings. The quantitative estimate of drug-likeness (QED) is 0.782. The number of rotatable bonds is 7. The standard InChI is InChI=1S/C21H23NO5/c23-20(22-14-18(21(24)25)15-10-12-26-13-11-15)17-8-4-5-9-19(17)27-16-6-2-1-3-7-16/h1-9,15,18H,10-14H2,(H,22,23)(H,24,25). The lowest BCUT2D eigenvalue weighted by atomic mass is 9.86. The average Bonchev–Trinajstić information content (AvgIpc) is 2.70. The lowest BCUT2D eigenvalue weighted by molar-refractivity contribution is -0.144. The zero-order valence-corrected chi connectivity index (χ0v) is 15.0. The van der Waals surface area contributed by atoms with Gasteiger partial charge in [0.1, 0.15) is 11.5 Å². The van der Waals surface area contributed by atoms with Crippen LogP contribution in [0.2, 0.25) is 0 Å². The lowest BCUT2D eigenvalue weighted by Crippen LogP contribution is -2.39. The number of carboxylic acid groups (broad SMARTS) is 1. The molecule has 2 aromatic carbocycles. The van der Waals surface area contributed by atoms with Gasteiger partial charge in [0.15, 0.2) is 0 Å². The summed E-state index contributed by atoms with van der Waals surface area (Å²) in [6.45, 7) is 1.21. The molecule has 0 bridgehead atoms. The van der Waals surface area contributed by atoms with E-state index in [1.807, 2.05) is 18.2 Å². The minimum Gasteiger partial charge on any atom is -0.481 e. The number of carbonyl (C=O) groups is 2. The maximum atomic E-state index is 12.7. The van der Waals surface area contributed by atoms with E-state index in [4.69, 9.17) is 9.47 Å². The molecule has 0 spiro atoms. The zero-order chi connectivity index (χ0) is 19.1. The minimum absolute atomic E-state index is 0.00682. The van der Waals surface area contributed by atoms with Gasteiger partial charge in [0, 0.05) is 19.8 Å². The molecule has 0 saturated carbocycles. The van der Waals surface area contributed by atoms with E-state index < -0.39 is 11.9 Å². The monoisotopic (exact) mass is 369 g/mol. The summed E-state index contributed by atoms with van der Waals surface area (Å²) >= 11 is 0. The molecule has 1 amide bonds. The van der Waals surface area contributed by atoms with Crippen LogP contribution in [-0.2, 0) is 9.53 Å². The first-order valence-electron chi connectivity index (χ1n) is 9.06. The number of ether oxygens (including phenoxy) is 2. The van der Waals surface area contributed by atoms with E-state index in [0.717, 1.165) is 0 Å². The maximum Gasteiger partial charge on any atom is 0.308 e. The topological polar surface area (TPSA) is 84.9 Å². The molecule has 142 valence electrons. The van der Waals surface area contributed by atoms with Crippen molar-refractivity contribution >= 4 is 11.9 Å². The number of amides is 1. The number of nitrogens with one attached hydrogen (secondary N) is 1. The van der Waals surface area contributed by atoms with Crippen LogP contribution in [0.3, 0.4) is 0 Å². The number of carbonyl (C=O) groups excluding carboxylic acids is 1. The van der Waals surface area contributed by atoms with Crippen molar-refractivity contribution in [2.24, 2.45) is 11.8 Å². The summed E-state index contributed by atoms with van der Waals surface area (Å²) in [4.78, 5) is 24.3. The van der Waals surface area contributed by atoms with Crippen LogP contribution in [0.4, 0.5) is 0 Å². The molecule has 1 heterocycles. The molecule has 0 aliphatic carbocycles. The van der Waals surface area contributed by atoms with Gasteiger partial charge in [0.25, 0.3) is 5.91 Å². The number of hydrogen-bond acceptors (Lipinski definition) is 4. The predicted octanol–water partition coefficient (Wildman–Crippen LogP) is 3.34. The second-order valence-corrected chi connectivity index (χ2v) is 6.52. The molecule has 1 saturated heterocycles. The van der Waals surface area contributed by atoms with Gasteiger partial charge in [-0.1, -0.05) is 30.3 Å². The fraction of sp³-hybridized carbons (Fsp3) is 0.333. The van der Waals surface area contributed by atoms with Gasteiger partial charge in [-0.25, -0.2) is 0 Å². The minimum atomic E-state index is -0.893. The maximum absolute atomic E-state index is 12.7. The Morgan fingerprint density at radius 1 is 1.07 bits per heavy atom. The van der Waals surface area contributed by atoms with Gasteiger partial charge in [-0.2, -0.15) is 0 Å². The van der Waals surface area contributed by atoms with Crippen LogP contribution in [0.15, 0.2) is 54.6 Å². The molecule has 1 unspecified atom stereocenters. The molecule has 6 nitrogen and oxygen atoms in total. The van der Waals surface area contributed by atoms with Crippen molar-refractivity contribution in [3.8, 4) is 11.5 Å². The van der Waals surface area contributed by atoms with Crippen molar-refractivity contribution in [2.75, 3.05) is 19.8 Å². The van der Waals surface area contributed by atoms with E-state index in [-0.39, 0.29) is 18.4 Å². The molecule has 0 radical (unpaired) electrons. The fourth-order valence-electron chi connectivity index (χ4n) is 3.23. The SMILES string of the molecule is O=C(NCC(C(=O)O)C1CCOCC1)c1ccccc1Oc1ccccc1. The second-order valence-electron chi connectivity index (χ2n) is 6.52. The van der Waals surface area contributed by atoms with Crippen molar-refractivity contribution < 1.29 is 24.2 Å². The van der Waals surface area contributed by atoms with Crippen LogP contribution in [-0.4, -0.2) is 36.7 Å². The molecule has 2 aromatic rings. The van der Waals surface area contributed by atoms with Gasteiger partial charge in [0.05, 0.1) is 11.5 Å². The van der Waals surface area contributed by atoms with Gasteiger partial charge in [-0.05, 0) is 43.0 Å². The van der Waals surface area contributed by atoms with Gasteiger partial charge in [0.2, 0.25) is 0 Å². The molecule has 6 heteroatoms. The van der Waals surface area contributed by atoms with Crippen LogP contribution < -0.4 is 10.1 Å². The third-order valence-electron chi connectivity index (χ3n) is 4.74. The summed E-state index contributed by atoms with van der Waals surface area (Å²) in [5, 5.41) is 12.3. The van der Waals surface area contributed by atoms with Crippen molar-refractivity contribution in [3.63, 3.8) is 0 Å². The van der Waals surface area contributed by atoms with Crippen molar-refractivity contribution in [2.45, 2.75) is 12.8 Å². The van der Waals surface area contributed by atoms with Crippen LogP contribution in [0.1, 0.15) is 23.2 Å². The highest BCUT2D eigenvalue weighted by molar-refractivity contribution is 5.97. The van der Waals surface area contributed by atoms with Gasteiger partial charge in [-0.3, -0.25) is 9.59 Å². The fourth-order valence-corrected chi connectivity index (χ4v) is 3.23. The number of carboxylic acids is 1. The zero-order valence-electron chi connectivity index (χ0n) is 15.0. The van der Waals surface area contributed by atoms with Gasteiger partial charge in [-0.15, -0.1) is 0 Å². The highest BCUT2D eigenvalue weighted by Gasteiger charge is 2.30. The van der Waals surface area contributed by atoms with E-state index in [1.54, 1.807) is 36.4 Å². The van der Waals surface area contributed by atoms with E-state index in [0.29, 0.717) is 43.1 Å². The van der Waals surface area contributed by atoms with E-state index in [9.17, 15) is 14.7 Å². The Hall–Kier alpha value is -2.86. The Kier molecular flexibility index (Phi) is 6.44. The van der Waals surface area contributed by atoms with Crippen LogP contribution in [0, 0.1) is 11.8 Å². The molecule has 1 fully saturated rings. The largest absolute Gasteiger partial charge is 0.481 e. The third-order valence-corrected chi connectivity index (χ3v) is 4.74. The van der Waals surface area contributed by atoms with Gasteiger partial charge >= 0.3 is 5.97 Å². The van der Waals surface area contributed by atoms with Crippen molar-refractivity contribution in [1.29, 1.82) is 0 Å². The summed E-state index contributed by atoms with van der Waals surface area (Å²) in [5.74, 6) is -0.800. The summed E-state index contributed by atoms with van der Waals surface area (Å²) in [5.41, 5.74) is 0.373. The summed E-state index contributed by atoms with van der Waals surface area (Å²) < 4.78 is 11.1. The first kappa shape index (κ1) is 18.9. The van der Waals surface area contributed by atoms with E-state index >= 15 is 0 Å². The van der Waals surface area contributed by atoms with Crippen LogP contribution in [0.25, 0.3) is 0 Å². The van der Waals surface area contributed by atoms with Gasteiger partial charge < -0.3 is 19.9 Å². The highest BCUT2D eigenvalue weighted by atomic mass is 16.5. The molecule has 1 atom stereocenters. The molecule has 2 N–H and O–H groups in total. The smallest absolute Gasteiger partial charge is 0.308 e. The van der Waals surface area contributed by atoms with E-state index in [2.05, 4.69) is 5.32 Å². The summed E-state index contributed by atoms with van der Waals surface area (Å²) in [7, 11) is 0. The Balaban J connectivity index is 1.67. The molecular weight excluding hydrogens is 346 g/mol. The van der Waals surface area contributed by atoms with E-state index in [1.165, 1.54) is 0 Å². The molecule has 0 aromatic heterocycles. The molecular formula is C21H23NO5. The Bertz CT molecular complexity index is 771. The van der Waals surface area contributed by atoms with Crippen molar-refractivity contribution in [1.82, 2.24) is 5.32 Å². The third kappa shape index (κ3) is 5.08. The lowest BCUT2D eigenvalue weighted by Gasteiger charge is -2.27. The Morgan fingerprint density at radius 2 is 1.74 bits per heavy atom. The normalized spacial score (nSPS) is 15.7. The molecule has 27 heavy (non-hydrogen) atoms. The molecule has 3 rings (SSSR count).